The third kappa shape index (κ3) is 6.23. The number of anilines is 3. The van der Waals surface area contributed by atoms with E-state index in [-0.39, 0.29) is 5.41 Å². The zero-order valence-electron chi connectivity index (χ0n) is 38.6. The summed E-state index contributed by atoms with van der Waals surface area (Å²) in [6, 6.07) is 81.1. The molecule has 0 amide bonds. The number of fused-ring (bicyclic) bond motifs is 9. The largest absolute Gasteiger partial charge is 0.310 e. The van der Waals surface area contributed by atoms with Gasteiger partial charge in [-0.25, -0.2) is 0 Å². The lowest BCUT2D eigenvalue weighted by atomic mass is 9.82. The summed E-state index contributed by atoms with van der Waals surface area (Å²) < 4.78 is 5.04. The predicted molar refractivity (Wildman–Crippen MR) is 292 cm³/mol. The van der Waals surface area contributed by atoms with Crippen LogP contribution in [0, 0.1) is 13.8 Å². The third-order valence-corrected chi connectivity index (χ3v) is 15.9. The Kier molecular flexibility index (Phi) is 9.22. The summed E-state index contributed by atoms with van der Waals surface area (Å²) in [5.41, 5.74) is 22.4. The van der Waals surface area contributed by atoms with E-state index < -0.39 is 0 Å². The van der Waals surface area contributed by atoms with Gasteiger partial charge in [0.1, 0.15) is 0 Å². The van der Waals surface area contributed by atoms with Gasteiger partial charge in [-0.05, 0) is 159 Å². The van der Waals surface area contributed by atoms with Crippen LogP contribution in [0.5, 0.6) is 0 Å². The second-order valence-electron chi connectivity index (χ2n) is 19.0. The van der Waals surface area contributed by atoms with Crippen molar-refractivity contribution in [1.82, 2.24) is 4.57 Å². The van der Waals surface area contributed by atoms with Gasteiger partial charge in [-0.15, -0.1) is 11.3 Å². The zero-order valence-corrected chi connectivity index (χ0v) is 39.4. The maximum atomic E-state index is 2.47. The minimum Gasteiger partial charge on any atom is -0.310 e. The van der Waals surface area contributed by atoms with Gasteiger partial charge >= 0.3 is 0 Å². The van der Waals surface area contributed by atoms with Crippen molar-refractivity contribution in [2.75, 3.05) is 4.90 Å². The van der Waals surface area contributed by atoms with Crippen LogP contribution in [0.2, 0.25) is 0 Å². The lowest BCUT2D eigenvalue weighted by Crippen LogP contribution is -2.14. The molecule has 0 saturated carbocycles. The Hall–Kier alpha value is -7.98. The highest BCUT2D eigenvalue weighted by atomic mass is 32.1. The minimum absolute atomic E-state index is 0.0875. The molecular weight excluding hydrogens is 841 g/mol. The summed E-state index contributed by atoms with van der Waals surface area (Å²) in [5, 5.41) is 5.09. The number of hydrogen-bond acceptors (Lipinski definition) is 2. The molecule has 0 fully saturated rings. The van der Waals surface area contributed by atoms with Crippen molar-refractivity contribution in [3.8, 4) is 50.2 Å². The fourth-order valence-corrected chi connectivity index (χ4v) is 12.5. The molecule has 0 saturated heterocycles. The van der Waals surface area contributed by atoms with E-state index >= 15 is 0 Å². The predicted octanol–water partition coefficient (Wildman–Crippen LogP) is 18.5. The van der Waals surface area contributed by atoms with Gasteiger partial charge in [0.25, 0.3) is 0 Å². The van der Waals surface area contributed by atoms with Crippen LogP contribution in [0.25, 0.3) is 92.2 Å². The van der Waals surface area contributed by atoms with E-state index in [1.165, 1.54) is 120 Å². The molecular formula is C65H48N2S. The molecule has 0 unspecified atom stereocenters. The molecule has 2 aromatic heterocycles. The van der Waals surface area contributed by atoms with Crippen LogP contribution in [0.15, 0.2) is 218 Å². The van der Waals surface area contributed by atoms with Gasteiger partial charge in [0.15, 0.2) is 0 Å². The van der Waals surface area contributed by atoms with Crippen molar-refractivity contribution in [2.24, 2.45) is 0 Å². The monoisotopic (exact) mass is 888 g/mol. The highest BCUT2D eigenvalue weighted by molar-refractivity contribution is 7.26. The molecule has 2 nitrogen and oxygen atoms in total. The molecule has 0 atom stereocenters. The molecule has 2 heterocycles. The lowest BCUT2D eigenvalue weighted by Gasteiger charge is -2.27. The molecule has 10 aromatic carbocycles. The van der Waals surface area contributed by atoms with E-state index in [0.29, 0.717) is 0 Å². The van der Waals surface area contributed by atoms with Crippen LogP contribution in [-0.2, 0) is 5.41 Å². The number of aromatic nitrogens is 1. The number of para-hydroxylation sites is 1. The van der Waals surface area contributed by atoms with E-state index in [1.807, 2.05) is 11.3 Å². The maximum absolute atomic E-state index is 2.47. The summed E-state index contributed by atoms with van der Waals surface area (Å²) in [5.74, 6) is 0. The minimum atomic E-state index is -0.0875. The van der Waals surface area contributed by atoms with Crippen molar-refractivity contribution in [3.05, 3.63) is 241 Å². The topological polar surface area (TPSA) is 8.17 Å². The maximum Gasteiger partial charge on any atom is 0.0554 e. The fourth-order valence-electron chi connectivity index (χ4n) is 11.3. The summed E-state index contributed by atoms with van der Waals surface area (Å²) in [6.07, 6.45) is 0. The Labute approximate surface area is 401 Å². The highest BCUT2D eigenvalue weighted by Crippen LogP contribution is 2.52. The van der Waals surface area contributed by atoms with E-state index in [1.54, 1.807) is 0 Å². The zero-order chi connectivity index (χ0) is 45.7. The normalized spacial score (nSPS) is 12.8. The Morgan fingerprint density at radius 1 is 0.412 bits per heavy atom. The second-order valence-corrected chi connectivity index (χ2v) is 20.0. The van der Waals surface area contributed by atoms with Gasteiger partial charge in [-0.1, -0.05) is 153 Å². The van der Waals surface area contributed by atoms with Crippen molar-refractivity contribution in [3.63, 3.8) is 0 Å². The first kappa shape index (κ1) is 40.3. The van der Waals surface area contributed by atoms with Gasteiger partial charge < -0.3 is 9.47 Å². The lowest BCUT2D eigenvalue weighted by molar-refractivity contribution is 0.661. The molecule has 0 aliphatic heterocycles. The quantitative estimate of drug-likeness (QED) is 0.155. The first-order valence-electron chi connectivity index (χ1n) is 23.7. The van der Waals surface area contributed by atoms with Gasteiger partial charge in [0.2, 0.25) is 0 Å². The van der Waals surface area contributed by atoms with E-state index in [2.05, 4.69) is 256 Å². The smallest absolute Gasteiger partial charge is 0.0554 e. The number of aryl methyl sites for hydroxylation is 1. The molecule has 0 radical (unpaired) electrons. The van der Waals surface area contributed by atoms with Gasteiger partial charge in [-0.3, -0.25) is 0 Å². The molecule has 13 rings (SSSR count). The van der Waals surface area contributed by atoms with Crippen LogP contribution < -0.4 is 4.90 Å². The average molecular weight is 889 g/mol. The molecule has 1 aliphatic carbocycles. The first-order valence-corrected chi connectivity index (χ1v) is 24.5. The van der Waals surface area contributed by atoms with E-state index in [9.17, 15) is 0 Å². The Balaban J connectivity index is 0.937. The highest BCUT2D eigenvalue weighted by Gasteiger charge is 2.36. The fraction of sp³-hybridized carbons (Fsp3) is 0.0769. The van der Waals surface area contributed by atoms with Gasteiger partial charge in [0, 0.05) is 53.4 Å². The number of benzene rings is 10. The number of rotatable bonds is 7. The molecule has 68 heavy (non-hydrogen) atoms. The molecule has 12 aromatic rings. The van der Waals surface area contributed by atoms with Crippen molar-refractivity contribution >= 4 is 70.4 Å². The Morgan fingerprint density at radius 3 is 1.82 bits per heavy atom. The SMILES string of the molecule is Cc1ccccc1-c1cccc(-c2ccc(N(c3ccc(-c4ccc5c(c4)c4cc6c(cc4n5-c4ccccc4)C(C)(C)c4ccccc4-6)cc3)c3cccc4sc5ccccc5c34)cc2)c1C. The standard InChI is InChI=1S/C65H48N2S/c1-41-16-8-9-19-49(41)51-23-14-22-50(42(51)2)44-30-35-48(36-31-44)66(60-25-15-27-63-64(60)53-21-11-13-26-62(53)68-63)47-33-28-43(29-34-47)45-32-37-59-55(38-45)56-39-54-52-20-10-12-24-57(52)65(3,4)58(54)40-61(56)67(59)46-17-6-5-7-18-46/h5-40H,1-4H3. The van der Waals surface area contributed by atoms with E-state index in [0.717, 1.165) is 11.4 Å². The van der Waals surface area contributed by atoms with Crippen LogP contribution in [0.1, 0.15) is 36.1 Å². The van der Waals surface area contributed by atoms with E-state index in [4.69, 9.17) is 0 Å². The second kappa shape index (κ2) is 15.6. The van der Waals surface area contributed by atoms with Gasteiger partial charge in [-0.2, -0.15) is 0 Å². The number of thiophene rings is 1. The summed E-state index contributed by atoms with van der Waals surface area (Å²) in [4.78, 5) is 2.45. The molecule has 1 aliphatic rings. The van der Waals surface area contributed by atoms with Crippen molar-refractivity contribution in [2.45, 2.75) is 33.1 Å². The van der Waals surface area contributed by atoms with Gasteiger partial charge in [0.05, 0.1) is 16.7 Å². The number of hydrogen-bond donors (Lipinski definition) is 0. The van der Waals surface area contributed by atoms with Crippen LogP contribution in [-0.4, -0.2) is 4.57 Å². The molecule has 0 bridgehead atoms. The average Bonchev–Trinajstić information content (AvgIpc) is 3.99. The molecule has 324 valence electrons. The Morgan fingerprint density at radius 2 is 1.03 bits per heavy atom. The third-order valence-electron chi connectivity index (χ3n) is 14.8. The molecule has 0 N–H and O–H groups in total. The summed E-state index contributed by atoms with van der Waals surface area (Å²) in [7, 11) is 0. The summed E-state index contributed by atoms with van der Waals surface area (Å²) in [6.45, 7) is 9.19. The molecule has 0 spiro atoms. The Bertz CT molecular complexity index is 3940. The van der Waals surface area contributed by atoms with Crippen molar-refractivity contribution in [1.29, 1.82) is 0 Å². The van der Waals surface area contributed by atoms with Crippen molar-refractivity contribution < 1.29 is 0 Å². The first-order chi connectivity index (χ1) is 33.3. The molecule has 3 heteroatoms. The van der Waals surface area contributed by atoms with Crippen LogP contribution >= 0.6 is 11.3 Å². The summed E-state index contributed by atoms with van der Waals surface area (Å²) >= 11 is 1.86. The van der Waals surface area contributed by atoms with Crippen LogP contribution in [0.3, 0.4) is 0 Å². The van der Waals surface area contributed by atoms with Crippen LogP contribution in [0.4, 0.5) is 17.1 Å². The number of nitrogens with zero attached hydrogens (tertiary/aromatic N) is 2.